The van der Waals surface area contributed by atoms with Crippen LogP contribution in [0.3, 0.4) is 0 Å². The lowest BCUT2D eigenvalue weighted by atomic mass is 10.1. The second kappa shape index (κ2) is 4.04. The Kier molecular flexibility index (Phi) is 2.73. The summed E-state index contributed by atoms with van der Waals surface area (Å²) in [6.07, 6.45) is 2.44. The van der Waals surface area contributed by atoms with Crippen molar-refractivity contribution in [2.24, 2.45) is 10.9 Å². The van der Waals surface area contributed by atoms with E-state index in [2.05, 4.69) is 17.1 Å². The van der Waals surface area contributed by atoms with Gasteiger partial charge in [-0.2, -0.15) is 0 Å². The average Bonchev–Trinajstić information content (AvgIpc) is 3.11. The highest BCUT2D eigenvalue weighted by Gasteiger charge is 2.28. The molecule has 1 aromatic carbocycles. The van der Waals surface area contributed by atoms with Crippen molar-refractivity contribution in [3.63, 3.8) is 0 Å². The van der Waals surface area contributed by atoms with Gasteiger partial charge in [0.15, 0.2) is 5.84 Å². The maximum atomic E-state index is 8.78. The van der Waals surface area contributed by atoms with E-state index in [4.69, 9.17) is 10.9 Å². The molecule has 4 heteroatoms. The van der Waals surface area contributed by atoms with Crippen LogP contribution < -0.4 is 10.6 Å². The van der Waals surface area contributed by atoms with Crippen LogP contribution in [-0.2, 0) is 0 Å². The van der Waals surface area contributed by atoms with Crippen LogP contribution in [0.1, 0.15) is 24.0 Å². The Labute approximate surface area is 95.4 Å². The number of hydrogen-bond acceptors (Lipinski definition) is 3. The maximum absolute atomic E-state index is 8.78. The van der Waals surface area contributed by atoms with Crippen LogP contribution >= 0.6 is 0 Å². The minimum Gasteiger partial charge on any atom is -0.409 e. The first-order valence-corrected chi connectivity index (χ1v) is 5.45. The largest absolute Gasteiger partial charge is 0.409 e. The van der Waals surface area contributed by atoms with Gasteiger partial charge in [0.05, 0.1) is 0 Å². The molecule has 1 aliphatic carbocycles. The highest BCUT2D eigenvalue weighted by atomic mass is 16.4. The van der Waals surface area contributed by atoms with Gasteiger partial charge in [0.1, 0.15) is 0 Å². The van der Waals surface area contributed by atoms with Crippen molar-refractivity contribution in [1.82, 2.24) is 0 Å². The van der Waals surface area contributed by atoms with E-state index in [0.29, 0.717) is 6.04 Å². The summed E-state index contributed by atoms with van der Waals surface area (Å²) in [6, 6.07) is 6.63. The lowest BCUT2D eigenvalue weighted by Crippen LogP contribution is -2.24. The third kappa shape index (κ3) is 1.96. The number of hydrogen-bond donors (Lipinski definition) is 2. The van der Waals surface area contributed by atoms with Crippen molar-refractivity contribution in [3.8, 4) is 0 Å². The standard InChI is InChI=1S/C12H17N3O/c1-8-3-6-11(15(2)9-4-5-9)10(7-8)12(13)14-16/h3,6-7,9,16H,4-5H2,1-2H3,(H2,13,14). The molecule has 16 heavy (non-hydrogen) atoms. The van der Waals surface area contributed by atoms with Gasteiger partial charge in [-0.3, -0.25) is 0 Å². The molecule has 0 saturated heterocycles. The zero-order valence-corrected chi connectivity index (χ0v) is 9.64. The van der Waals surface area contributed by atoms with Crippen LogP contribution in [-0.4, -0.2) is 24.1 Å². The van der Waals surface area contributed by atoms with Gasteiger partial charge >= 0.3 is 0 Å². The number of rotatable bonds is 3. The van der Waals surface area contributed by atoms with Gasteiger partial charge < -0.3 is 15.8 Å². The zero-order valence-electron chi connectivity index (χ0n) is 9.64. The topological polar surface area (TPSA) is 61.8 Å². The Morgan fingerprint density at radius 1 is 1.50 bits per heavy atom. The first kappa shape index (κ1) is 10.8. The molecule has 1 aromatic rings. The predicted molar refractivity (Wildman–Crippen MR) is 65.1 cm³/mol. The first-order valence-electron chi connectivity index (χ1n) is 5.45. The lowest BCUT2D eigenvalue weighted by Gasteiger charge is -2.22. The van der Waals surface area contributed by atoms with Crippen molar-refractivity contribution >= 4 is 11.5 Å². The minimum atomic E-state index is 0.172. The molecule has 0 spiro atoms. The van der Waals surface area contributed by atoms with E-state index in [1.54, 1.807) is 0 Å². The Morgan fingerprint density at radius 3 is 2.75 bits per heavy atom. The fourth-order valence-electron chi connectivity index (χ4n) is 1.88. The van der Waals surface area contributed by atoms with Crippen molar-refractivity contribution in [2.75, 3.05) is 11.9 Å². The average molecular weight is 219 g/mol. The third-order valence-corrected chi connectivity index (χ3v) is 3.01. The fraction of sp³-hybridized carbons (Fsp3) is 0.417. The molecule has 0 aliphatic heterocycles. The molecule has 0 heterocycles. The smallest absolute Gasteiger partial charge is 0.172 e. The van der Waals surface area contributed by atoms with E-state index >= 15 is 0 Å². The summed E-state index contributed by atoms with van der Waals surface area (Å²) < 4.78 is 0. The van der Waals surface area contributed by atoms with Crippen molar-refractivity contribution < 1.29 is 5.21 Å². The normalized spacial score (nSPS) is 16.2. The number of amidine groups is 1. The number of nitrogens with zero attached hydrogens (tertiary/aromatic N) is 2. The fourth-order valence-corrected chi connectivity index (χ4v) is 1.88. The monoisotopic (exact) mass is 219 g/mol. The van der Waals surface area contributed by atoms with Crippen LogP contribution in [0.25, 0.3) is 0 Å². The summed E-state index contributed by atoms with van der Waals surface area (Å²) in [6.45, 7) is 2.00. The molecule has 1 aliphatic rings. The Morgan fingerprint density at radius 2 is 2.19 bits per heavy atom. The van der Waals surface area contributed by atoms with Gasteiger partial charge in [0.25, 0.3) is 0 Å². The van der Waals surface area contributed by atoms with Gasteiger partial charge in [-0.1, -0.05) is 16.8 Å². The Balaban J connectivity index is 2.42. The van der Waals surface area contributed by atoms with Gasteiger partial charge in [-0.15, -0.1) is 0 Å². The zero-order chi connectivity index (χ0) is 11.7. The van der Waals surface area contributed by atoms with Crippen LogP contribution in [0.2, 0.25) is 0 Å². The number of nitrogens with two attached hydrogens (primary N) is 1. The van der Waals surface area contributed by atoms with Crippen LogP contribution in [0.5, 0.6) is 0 Å². The molecule has 1 fully saturated rings. The second-order valence-corrected chi connectivity index (χ2v) is 4.35. The first-order chi connectivity index (χ1) is 7.63. The summed E-state index contributed by atoms with van der Waals surface area (Å²) in [5.41, 5.74) is 8.64. The second-order valence-electron chi connectivity index (χ2n) is 4.35. The van der Waals surface area contributed by atoms with E-state index in [1.807, 2.05) is 25.1 Å². The number of anilines is 1. The van der Waals surface area contributed by atoms with Gasteiger partial charge in [-0.25, -0.2) is 0 Å². The third-order valence-electron chi connectivity index (χ3n) is 3.01. The molecule has 86 valence electrons. The van der Waals surface area contributed by atoms with Crippen molar-refractivity contribution in [3.05, 3.63) is 29.3 Å². The molecule has 0 unspecified atom stereocenters. The molecule has 3 N–H and O–H groups in total. The van der Waals surface area contributed by atoms with E-state index < -0.39 is 0 Å². The Bertz CT molecular complexity index is 424. The molecular weight excluding hydrogens is 202 g/mol. The van der Waals surface area contributed by atoms with Crippen molar-refractivity contribution in [2.45, 2.75) is 25.8 Å². The molecular formula is C12H17N3O. The summed E-state index contributed by atoms with van der Waals surface area (Å²) in [5, 5.41) is 11.9. The quantitative estimate of drug-likeness (QED) is 0.352. The number of benzene rings is 1. The molecule has 0 aromatic heterocycles. The molecule has 0 atom stereocenters. The van der Waals surface area contributed by atoms with Crippen LogP contribution in [0, 0.1) is 6.92 Å². The molecule has 0 bridgehead atoms. The summed E-state index contributed by atoms with van der Waals surface area (Å²) >= 11 is 0. The summed E-state index contributed by atoms with van der Waals surface area (Å²) in [7, 11) is 2.05. The highest BCUT2D eigenvalue weighted by Crippen LogP contribution is 2.32. The SMILES string of the molecule is Cc1ccc(N(C)C2CC2)c(/C(N)=N/O)c1. The molecule has 1 saturated carbocycles. The van der Waals surface area contributed by atoms with E-state index in [1.165, 1.54) is 12.8 Å². The minimum absolute atomic E-state index is 0.172. The molecule has 0 amide bonds. The Hall–Kier alpha value is -1.71. The number of oxime groups is 1. The summed E-state index contributed by atoms with van der Waals surface area (Å²) in [5.74, 6) is 0.172. The molecule has 0 radical (unpaired) electrons. The lowest BCUT2D eigenvalue weighted by molar-refractivity contribution is 0.318. The van der Waals surface area contributed by atoms with Crippen LogP contribution in [0.15, 0.2) is 23.4 Å². The maximum Gasteiger partial charge on any atom is 0.172 e. The van der Waals surface area contributed by atoms with Crippen LogP contribution in [0.4, 0.5) is 5.69 Å². The van der Waals surface area contributed by atoms with E-state index in [-0.39, 0.29) is 5.84 Å². The van der Waals surface area contributed by atoms with Gasteiger partial charge in [0.2, 0.25) is 0 Å². The van der Waals surface area contributed by atoms with E-state index in [9.17, 15) is 0 Å². The van der Waals surface area contributed by atoms with Gasteiger partial charge in [-0.05, 0) is 31.9 Å². The molecule has 4 nitrogen and oxygen atoms in total. The van der Waals surface area contributed by atoms with Crippen molar-refractivity contribution in [1.29, 1.82) is 0 Å². The molecule has 2 rings (SSSR count). The van der Waals surface area contributed by atoms with Gasteiger partial charge in [0, 0.05) is 24.3 Å². The summed E-state index contributed by atoms with van der Waals surface area (Å²) in [4.78, 5) is 2.20. The van der Waals surface area contributed by atoms with E-state index in [0.717, 1.165) is 16.8 Å². The highest BCUT2D eigenvalue weighted by molar-refractivity contribution is 6.02. The number of aryl methyl sites for hydroxylation is 1. The predicted octanol–water partition coefficient (Wildman–Crippen LogP) is 1.69.